The van der Waals surface area contributed by atoms with E-state index in [2.05, 4.69) is 4.98 Å². The van der Waals surface area contributed by atoms with E-state index in [1.807, 2.05) is 0 Å². The molecule has 6 heteroatoms. The van der Waals surface area contributed by atoms with E-state index in [1.54, 1.807) is 30.6 Å². The molecule has 2 aromatic rings. The second kappa shape index (κ2) is 5.33. The van der Waals surface area contributed by atoms with Gasteiger partial charge in [0.15, 0.2) is 0 Å². The average molecular weight is 280 g/mol. The third kappa shape index (κ3) is 3.26. The highest BCUT2D eigenvalue weighted by Crippen LogP contribution is 2.35. The lowest BCUT2D eigenvalue weighted by Crippen LogP contribution is -2.07. The molecule has 0 spiro atoms. The second-order valence-electron chi connectivity index (χ2n) is 3.60. The fraction of sp³-hybridized carbons (Fsp3) is 0.0769. The summed E-state index contributed by atoms with van der Waals surface area (Å²) in [5.74, 6) is 0. The number of nitriles is 1. The number of hydrogen-bond acceptors (Lipinski definition) is 3. The number of halogens is 3. The van der Waals surface area contributed by atoms with Crippen LogP contribution in [0.4, 0.5) is 13.2 Å². The third-order valence-corrected chi connectivity index (χ3v) is 3.30. The van der Waals surface area contributed by atoms with Gasteiger partial charge in [-0.15, -0.1) is 0 Å². The molecule has 0 aliphatic heterocycles. The molecule has 2 rings (SSSR count). The molecule has 1 aromatic carbocycles. The quantitative estimate of drug-likeness (QED) is 0.830. The average Bonchev–Trinajstić information content (AvgIpc) is 2.38. The summed E-state index contributed by atoms with van der Waals surface area (Å²) < 4.78 is 37.9. The number of hydrogen-bond donors (Lipinski definition) is 0. The van der Waals surface area contributed by atoms with E-state index in [1.165, 1.54) is 23.9 Å². The third-order valence-electron chi connectivity index (χ3n) is 2.30. The maximum Gasteiger partial charge on any atom is 0.417 e. The van der Waals surface area contributed by atoms with Gasteiger partial charge in [0.2, 0.25) is 0 Å². The Balaban J connectivity index is 2.33. The summed E-state index contributed by atoms with van der Waals surface area (Å²) in [4.78, 5) is 5.28. The first-order chi connectivity index (χ1) is 9.00. The van der Waals surface area contributed by atoms with E-state index in [4.69, 9.17) is 5.26 Å². The molecule has 0 bridgehead atoms. The van der Waals surface area contributed by atoms with Gasteiger partial charge in [-0.1, -0.05) is 11.8 Å². The van der Waals surface area contributed by atoms with Crippen molar-refractivity contribution in [2.24, 2.45) is 0 Å². The molecule has 0 radical (unpaired) electrons. The Hall–Kier alpha value is -2.00. The van der Waals surface area contributed by atoms with Crippen LogP contribution in [0.1, 0.15) is 11.1 Å². The van der Waals surface area contributed by atoms with E-state index in [0.717, 1.165) is 11.0 Å². The minimum atomic E-state index is -4.51. The molecule has 19 heavy (non-hydrogen) atoms. The highest BCUT2D eigenvalue weighted by atomic mass is 32.2. The van der Waals surface area contributed by atoms with Crippen LogP contribution in [0.5, 0.6) is 0 Å². The first-order valence-electron chi connectivity index (χ1n) is 5.20. The molecule has 0 aliphatic carbocycles. The molecular formula is C13H7F3N2S. The number of nitrogens with zero attached hydrogens (tertiary/aromatic N) is 2. The molecule has 0 saturated carbocycles. The highest BCUT2D eigenvalue weighted by molar-refractivity contribution is 7.99. The van der Waals surface area contributed by atoms with Gasteiger partial charge < -0.3 is 0 Å². The van der Waals surface area contributed by atoms with E-state index in [0.29, 0.717) is 4.90 Å². The smallest absolute Gasteiger partial charge is 0.265 e. The SMILES string of the molecule is N#Cc1cc(Sc2ccncc2)ccc1C(F)(F)F. The summed E-state index contributed by atoms with van der Waals surface area (Å²) in [5, 5.41) is 8.80. The Morgan fingerprint density at radius 2 is 1.74 bits per heavy atom. The van der Waals surface area contributed by atoms with E-state index in [-0.39, 0.29) is 5.56 Å². The molecule has 0 saturated heterocycles. The van der Waals surface area contributed by atoms with Crippen molar-refractivity contribution in [1.82, 2.24) is 4.98 Å². The normalized spacial score (nSPS) is 11.1. The Morgan fingerprint density at radius 3 is 2.32 bits per heavy atom. The van der Waals surface area contributed by atoms with Crippen molar-refractivity contribution in [3.63, 3.8) is 0 Å². The molecular weight excluding hydrogens is 273 g/mol. The van der Waals surface area contributed by atoms with Crippen molar-refractivity contribution < 1.29 is 13.2 Å². The fourth-order valence-electron chi connectivity index (χ4n) is 1.47. The maximum absolute atomic E-state index is 12.6. The predicted octanol–water partition coefficient (Wildman–Crippen LogP) is 4.12. The molecule has 0 amide bonds. The summed E-state index contributed by atoms with van der Waals surface area (Å²) in [7, 11) is 0. The monoisotopic (exact) mass is 280 g/mol. The molecule has 1 aromatic heterocycles. The van der Waals surface area contributed by atoms with Gasteiger partial charge in [-0.2, -0.15) is 18.4 Å². The van der Waals surface area contributed by atoms with Crippen LogP contribution < -0.4 is 0 Å². The fourth-order valence-corrected chi connectivity index (χ4v) is 2.31. The Morgan fingerprint density at radius 1 is 1.05 bits per heavy atom. The largest absolute Gasteiger partial charge is 0.417 e. The number of benzene rings is 1. The summed E-state index contributed by atoms with van der Waals surface area (Å²) >= 11 is 1.28. The van der Waals surface area contributed by atoms with E-state index < -0.39 is 11.7 Å². The van der Waals surface area contributed by atoms with Gasteiger partial charge >= 0.3 is 6.18 Å². The van der Waals surface area contributed by atoms with Crippen LogP contribution in [0.25, 0.3) is 0 Å². The Bertz CT molecular complexity index is 618. The topological polar surface area (TPSA) is 36.7 Å². The second-order valence-corrected chi connectivity index (χ2v) is 4.75. The van der Waals surface area contributed by atoms with Gasteiger partial charge in [0, 0.05) is 22.2 Å². The van der Waals surface area contributed by atoms with Crippen LogP contribution >= 0.6 is 11.8 Å². The van der Waals surface area contributed by atoms with Crippen molar-refractivity contribution in [3.05, 3.63) is 53.9 Å². The van der Waals surface area contributed by atoms with Crippen molar-refractivity contribution in [3.8, 4) is 6.07 Å². The van der Waals surface area contributed by atoms with Gasteiger partial charge in [-0.25, -0.2) is 0 Å². The van der Waals surface area contributed by atoms with Crippen molar-refractivity contribution >= 4 is 11.8 Å². The summed E-state index contributed by atoms with van der Waals surface area (Å²) in [6.07, 6.45) is -1.32. The summed E-state index contributed by atoms with van der Waals surface area (Å²) in [5.41, 5.74) is -1.28. The first kappa shape index (κ1) is 13.4. The van der Waals surface area contributed by atoms with Crippen LogP contribution in [0.2, 0.25) is 0 Å². The minimum absolute atomic E-state index is 0.369. The standard InChI is InChI=1S/C13H7F3N2S/c14-13(15,16)12-2-1-11(7-9(12)8-17)19-10-3-5-18-6-4-10/h1-7H. The summed E-state index contributed by atoms with van der Waals surface area (Å²) in [6, 6.07) is 8.60. The minimum Gasteiger partial charge on any atom is -0.265 e. The molecule has 0 atom stereocenters. The zero-order valence-electron chi connectivity index (χ0n) is 9.48. The van der Waals surface area contributed by atoms with Crippen LogP contribution in [0.3, 0.4) is 0 Å². The van der Waals surface area contributed by atoms with Gasteiger partial charge in [-0.05, 0) is 30.3 Å². The van der Waals surface area contributed by atoms with Crippen molar-refractivity contribution in [2.45, 2.75) is 16.0 Å². The van der Waals surface area contributed by atoms with Gasteiger partial charge in [-0.3, -0.25) is 4.98 Å². The zero-order valence-corrected chi connectivity index (χ0v) is 10.3. The molecule has 0 aliphatic rings. The van der Waals surface area contributed by atoms with Crippen LogP contribution in [0.15, 0.2) is 52.5 Å². The highest BCUT2D eigenvalue weighted by Gasteiger charge is 2.33. The van der Waals surface area contributed by atoms with Crippen LogP contribution in [-0.4, -0.2) is 4.98 Å². The molecule has 0 N–H and O–H groups in total. The lowest BCUT2D eigenvalue weighted by atomic mass is 10.1. The van der Waals surface area contributed by atoms with Crippen LogP contribution in [-0.2, 0) is 6.18 Å². The molecule has 0 fully saturated rings. The van der Waals surface area contributed by atoms with E-state index in [9.17, 15) is 13.2 Å². The van der Waals surface area contributed by atoms with Gasteiger partial charge in [0.25, 0.3) is 0 Å². The predicted molar refractivity (Wildman–Crippen MR) is 64.5 cm³/mol. The Labute approximate surface area is 111 Å². The van der Waals surface area contributed by atoms with Crippen LogP contribution in [0, 0.1) is 11.3 Å². The zero-order chi connectivity index (χ0) is 13.9. The van der Waals surface area contributed by atoms with E-state index >= 15 is 0 Å². The maximum atomic E-state index is 12.6. The first-order valence-corrected chi connectivity index (χ1v) is 6.01. The number of alkyl halides is 3. The van der Waals surface area contributed by atoms with Gasteiger partial charge in [0.1, 0.15) is 0 Å². The molecule has 0 unspecified atom stereocenters. The number of pyridine rings is 1. The lowest BCUT2D eigenvalue weighted by Gasteiger charge is -2.09. The van der Waals surface area contributed by atoms with Crippen molar-refractivity contribution in [1.29, 1.82) is 5.26 Å². The Kier molecular flexibility index (Phi) is 3.76. The number of rotatable bonds is 2. The molecule has 2 nitrogen and oxygen atoms in total. The molecule has 96 valence electrons. The van der Waals surface area contributed by atoms with Crippen molar-refractivity contribution in [2.75, 3.05) is 0 Å². The molecule has 1 heterocycles. The van der Waals surface area contributed by atoms with Gasteiger partial charge in [0.05, 0.1) is 17.2 Å². The lowest BCUT2D eigenvalue weighted by molar-refractivity contribution is -0.137. The number of aromatic nitrogens is 1. The summed E-state index contributed by atoms with van der Waals surface area (Å²) in [6.45, 7) is 0.